The van der Waals surface area contributed by atoms with E-state index >= 15 is 4.39 Å². The van der Waals surface area contributed by atoms with Gasteiger partial charge in [-0.2, -0.15) is 4.98 Å². The maximum absolute atomic E-state index is 15.2. The Labute approximate surface area is 203 Å². The van der Waals surface area contributed by atoms with E-state index in [0.29, 0.717) is 54.4 Å². The number of pyridine rings is 1. The van der Waals surface area contributed by atoms with Crippen LogP contribution in [0, 0.1) is 5.82 Å². The van der Waals surface area contributed by atoms with E-state index in [1.54, 1.807) is 19.2 Å². The third-order valence-electron chi connectivity index (χ3n) is 6.76. The number of nitrogens with one attached hydrogen (secondary N) is 2. The molecule has 2 aliphatic rings. The summed E-state index contributed by atoms with van der Waals surface area (Å²) in [6, 6.07) is 3.10. The number of halogens is 3. The van der Waals surface area contributed by atoms with Crippen LogP contribution in [0.1, 0.15) is 6.42 Å². The minimum absolute atomic E-state index is 0.00518. The third kappa shape index (κ3) is 3.89. The molecule has 0 radical (unpaired) electrons. The van der Waals surface area contributed by atoms with Gasteiger partial charge < -0.3 is 15.4 Å². The fourth-order valence-corrected chi connectivity index (χ4v) is 4.78. The zero-order valence-corrected chi connectivity index (χ0v) is 19.5. The van der Waals surface area contributed by atoms with Crippen LogP contribution >= 0.6 is 0 Å². The Morgan fingerprint density at radius 1 is 1.22 bits per heavy atom. The standard InChI is InChI=1S/C22H25F3N10O/c1-26-20-19-18(16-2-3-17-21(27-16)34(7-5-23)32-30-17)14(25)9-35(19)31-22(29-20)28-15-4-6-33(8-13(15)24)12-10-36-11-12/h2-3,9,12-13,15H,4-8,10-11H2,1H3,(H2,26,28,29,31)/t13-,15+/m1/s1. The molecule has 0 bridgehead atoms. The number of hydrogen-bond donors (Lipinski definition) is 2. The number of fused-ring (bicyclic) bond motifs is 2. The molecule has 2 aliphatic heterocycles. The van der Waals surface area contributed by atoms with Crippen molar-refractivity contribution in [2.45, 2.75) is 31.2 Å². The van der Waals surface area contributed by atoms with E-state index in [4.69, 9.17) is 4.74 Å². The van der Waals surface area contributed by atoms with Gasteiger partial charge in [-0.3, -0.25) is 4.90 Å². The summed E-state index contributed by atoms with van der Waals surface area (Å²) >= 11 is 0. The van der Waals surface area contributed by atoms with Crippen molar-refractivity contribution >= 4 is 28.4 Å². The van der Waals surface area contributed by atoms with Crippen molar-refractivity contribution in [3.05, 3.63) is 24.1 Å². The van der Waals surface area contributed by atoms with Crippen molar-refractivity contribution in [2.75, 3.05) is 50.7 Å². The highest BCUT2D eigenvalue weighted by atomic mass is 19.1. The smallest absolute Gasteiger partial charge is 0.243 e. The number of rotatable bonds is 7. The summed E-state index contributed by atoms with van der Waals surface area (Å²) in [6.07, 6.45) is 0.712. The molecule has 2 N–H and O–H groups in total. The molecule has 0 spiro atoms. The number of piperidine rings is 1. The highest BCUT2D eigenvalue weighted by Gasteiger charge is 2.35. The molecule has 2 atom stereocenters. The highest BCUT2D eigenvalue weighted by molar-refractivity contribution is 5.89. The molecule has 0 unspecified atom stereocenters. The first-order valence-corrected chi connectivity index (χ1v) is 11.8. The molecule has 6 heterocycles. The third-order valence-corrected chi connectivity index (χ3v) is 6.76. The summed E-state index contributed by atoms with van der Waals surface area (Å²) in [5.74, 6) is -0.0213. The quantitative estimate of drug-likeness (QED) is 0.392. The number of aromatic nitrogens is 7. The predicted molar refractivity (Wildman–Crippen MR) is 126 cm³/mol. The second-order valence-corrected chi connectivity index (χ2v) is 8.96. The molecular weight excluding hydrogens is 477 g/mol. The molecule has 190 valence electrons. The van der Waals surface area contributed by atoms with Gasteiger partial charge in [0, 0.05) is 20.1 Å². The van der Waals surface area contributed by atoms with E-state index < -0.39 is 24.7 Å². The second kappa shape index (κ2) is 9.17. The summed E-state index contributed by atoms with van der Waals surface area (Å²) in [4.78, 5) is 11.1. The van der Waals surface area contributed by atoms with E-state index in [-0.39, 0.29) is 24.1 Å². The van der Waals surface area contributed by atoms with Gasteiger partial charge in [0.1, 0.15) is 23.9 Å². The van der Waals surface area contributed by atoms with E-state index in [9.17, 15) is 8.78 Å². The molecule has 11 nitrogen and oxygen atoms in total. The van der Waals surface area contributed by atoms with E-state index in [1.807, 2.05) is 0 Å². The van der Waals surface area contributed by atoms with Crippen LogP contribution in [0.25, 0.3) is 27.9 Å². The summed E-state index contributed by atoms with van der Waals surface area (Å²) < 4.78 is 51.0. The van der Waals surface area contributed by atoms with Gasteiger partial charge >= 0.3 is 0 Å². The number of alkyl halides is 2. The fourth-order valence-electron chi connectivity index (χ4n) is 4.78. The largest absolute Gasteiger partial charge is 0.378 e. The van der Waals surface area contributed by atoms with Crippen molar-refractivity contribution in [1.29, 1.82) is 0 Å². The summed E-state index contributed by atoms with van der Waals surface area (Å²) in [5, 5.41) is 18.4. The van der Waals surface area contributed by atoms with Crippen molar-refractivity contribution in [1.82, 2.24) is 39.5 Å². The molecule has 0 aromatic carbocycles. The zero-order chi connectivity index (χ0) is 24.8. The summed E-state index contributed by atoms with van der Waals surface area (Å²) in [5.41, 5.74) is 1.68. The molecule has 6 rings (SSSR count). The lowest BCUT2D eigenvalue weighted by Crippen LogP contribution is -2.57. The van der Waals surface area contributed by atoms with Crippen LogP contribution < -0.4 is 10.6 Å². The van der Waals surface area contributed by atoms with E-state index in [0.717, 1.165) is 6.54 Å². The Morgan fingerprint density at radius 3 is 2.81 bits per heavy atom. The van der Waals surface area contributed by atoms with Gasteiger partial charge in [0.2, 0.25) is 5.95 Å². The first-order chi connectivity index (χ1) is 17.6. The van der Waals surface area contributed by atoms with Gasteiger partial charge in [-0.05, 0) is 18.6 Å². The zero-order valence-electron chi connectivity index (χ0n) is 19.5. The summed E-state index contributed by atoms with van der Waals surface area (Å²) in [7, 11) is 1.66. The van der Waals surface area contributed by atoms with Gasteiger partial charge in [0.15, 0.2) is 17.3 Å². The van der Waals surface area contributed by atoms with Crippen LogP contribution in [0.4, 0.5) is 24.9 Å². The van der Waals surface area contributed by atoms with Gasteiger partial charge in [-0.25, -0.2) is 27.4 Å². The Balaban J connectivity index is 1.32. The molecule has 0 amide bonds. The minimum atomic E-state index is -1.10. The molecule has 0 aliphatic carbocycles. The number of nitrogens with zero attached hydrogens (tertiary/aromatic N) is 8. The SMILES string of the molecule is CNc1nc(N[C@H]2CCN(C3COC3)C[C@H]2F)nn2cc(F)c(-c3ccc4nnn(CCF)c4n3)c12. The van der Waals surface area contributed by atoms with E-state index in [1.165, 1.54) is 15.4 Å². The van der Waals surface area contributed by atoms with Crippen LogP contribution in [-0.4, -0.2) is 97.8 Å². The van der Waals surface area contributed by atoms with Gasteiger partial charge in [-0.1, -0.05) is 5.21 Å². The maximum atomic E-state index is 15.2. The van der Waals surface area contributed by atoms with Crippen molar-refractivity contribution in [2.24, 2.45) is 0 Å². The van der Waals surface area contributed by atoms with Crippen LogP contribution in [0.3, 0.4) is 0 Å². The number of likely N-dealkylation sites (tertiary alicyclic amines) is 1. The first-order valence-electron chi connectivity index (χ1n) is 11.8. The topological polar surface area (TPSA) is 110 Å². The monoisotopic (exact) mass is 502 g/mol. The fraction of sp³-hybridized carbons (Fsp3) is 0.500. The molecule has 4 aromatic rings. The predicted octanol–water partition coefficient (Wildman–Crippen LogP) is 1.91. The average Bonchev–Trinajstić information content (AvgIpc) is 3.39. The molecule has 36 heavy (non-hydrogen) atoms. The lowest BCUT2D eigenvalue weighted by molar-refractivity contribution is -0.0794. The minimum Gasteiger partial charge on any atom is -0.378 e. The van der Waals surface area contributed by atoms with Gasteiger partial charge in [0.25, 0.3) is 0 Å². The molecule has 4 aromatic heterocycles. The molecule has 2 fully saturated rings. The lowest BCUT2D eigenvalue weighted by atomic mass is 10.0. The average molecular weight is 503 g/mol. The van der Waals surface area contributed by atoms with E-state index in [2.05, 4.69) is 40.9 Å². The number of aryl methyl sites for hydroxylation is 1. The molecule has 2 saturated heterocycles. The second-order valence-electron chi connectivity index (χ2n) is 8.96. The Morgan fingerprint density at radius 2 is 2.08 bits per heavy atom. The Kier molecular flexibility index (Phi) is 5.84. The highest BCUT2D eigenvalue weighted by Crippen LogP contribution is 2.33. The summed E-state index contributed by atoms with van der Waals surface area (Å²) in [6.45, 7) is 1.72. The van der Waals surface area contributed by atoms with Gasteiger partial charge in [-0.15, -0.1) is 10.2 Å². The maximum Gasteiger partial charge on any atom is 0.243 e. The van der Waals surface area contributed by atoms with Crippen molar-refractivity contribution in [3.8, 4) is 11.3 Å². The number of hydrogen-bond acceptors (Lipinski definition) is 9. The Bertz CT molecular complexity index is 1400. The van der Waals surface area contributed by atoms with Crippen molar-refractivity contribution in [3.63, 3.8) is 0 Å². The normalized spacial score (nSPS) is 21.2. The van der Waals surface area contributed by atoms with Crippen LogP contribution in [-0.2, 0) is 11.3 Å². The van der Waals surface area contributed by atoms with Gasteiger partial charge in [0.05, 0.1) is 49.3 Å². The lowest BCUT2D eigenvalue weighted by Gasteiger charge is -2.42. The van der Waals surface area contributed by atoms with Crippen molar-refractivity contribution < 1.29 is 17.9 Å². The number of anilines is 2. The Hall–Kier alpha value is -3.52. The molecular formula is C22H25F3N10O. The van der Waals surface area contributed by atoms with Crippen LogP contribution in [0.5, 0.6) is 0 Å². The molecule has 14 heteroatoms. The number of ether oxygens (including phenoxy) is 1. The molecule has 0 saturated carbocycles. The van der Waals surface area contributed by atoms with Crippen LogP contribution in [0.15, 0.2) is 18.3 Å². The van der Waals surface area contributed by atoms with Crippen LogP contribution in [0.2, 0.25) is 0 Å². The first kappa shape index (κ1) is 22.9.